The smallest absolute Gasteiger partial charge is 0.365 e. The molecule has 0 saturated heterocycles. The Labute approximate surface area is 406 Å². The largest absolute Gasteiger partial charge is 0.455 e. The number of aryl methyl sites for hydroxylation is 1. The molecule has 4 nitrogen and oxygen atoms in total. The summed E-state index contributed by atoms with van der Waals surface area (Å²) in [4.78, 5) is 0. The van der Waals surface area contributed by atoms with Crippen LogP contribution in [0.5, 0.6) is 0 Å². The summed E-state index contributed by atoms with van der Waals surface area (Å²) in [5.74, 6) is 1.66. The maximum Gasteiger partial charge on any atom is 0.365 e. The molecule has 69 heavy (non-hydrogen) atoms. The molecule has 0 amide bonds. The third-order valence-corrected chi connectivity index (χ3v) is 17.1. The molecule has 0 radical (unpaired) electrons. The summed E-state index contributed by atoms with van der Waals surface area (Å²) in [6.07, 6.45) is 3.38. The normalized spacial score (nSPS) is 15.1. The Kier molecular flexibility index (Phi) is 9.79. The van der Waals surface area contributed by atoms with Crippen molar-refractivity contribution in [1.82, 2.24) is 4.57 Å². The lowest BCUT2D eigenvalue weighted by Gasteiger charge is -2.24. The van der Waals surface area contributed by atoms with Crippen LogP contribution in [0, 0.1) is 18.7 Å². The van der Waals surface area contributed by atoms with Crippen LogP contribution in [0.25, 0.3) is 83.6 Å². The minimum Gasteiger partial charge on any atom is -0.455 e. The number of para-hydroxylation sites is 2. The van der Waals surface area contributed by atoms with Gasteiger partial charge in [0.25, 0.3) is 0 Å². The van der Waals surface area contributed by atoms with Gasteiger partial charge in [-0.25, -0.2) is 4.39 Å². The second kappa shape index (κ2) is 15.6. The van der Waals surface area contributed by atoms with Crippen molar-refractivity contribution in [3.8, 4) is 50.6 Å². The van der Waals surface area contributed by atoms with Crippen LogP contribution in [0.1, 0.15) is 86.8 Å². The van der Waals surface area contributed by atoms with Crippen LogP contribution in [0.15, 0.2) is 156 Å². The van der Waals surface area contributed by atoms with Gasteiger partial charge >= 0.3 is 11.5 Å². The van der Waals surface area contributed by atoms with E-state index in [0.29, 0.717) is 11.5 Å². The van der Waals surface area contributed by atoms with Crippen LogP contribution < -0.4 is 14.3 Å². The minimum absolute atomic E-state index is 0.189. The van der Waals surface area contributed by atoms with Gasteiger partial charge in [-0.3, -0.25) is 0 Å². The Morgan fingerprint density at radius 1 is 0.638 bits per heavy atom. The lowest BCUT2D eigenvalue weighted by Crippen LogP contribution is -2.72. The summed E-state index contributed by atoms with van der Waals surface area (Å²) in [6.45, 7) is 23.3. The van der Waals surface area contributed by atoms with E-state index in [0.717, 1.165) is 84.3 Å². The minimum atomic E-state index is -1.99. The van der Waals surface area contributed by atoms with Crippen LogP contribution in [-0.2, 0) is 12.1 Å². The van der Waals surface area contributed by atoms with Crippen molar-refractivity contribution in [3.63, 3.8) is 0 Å². The zero-order chi connectivity index (χ0) is 47.8. The monoisotopic (exact) mass is 921 g/mol. The molecule has 0 aliphatic carbocycles. The van der Waals surface area contributed by atoms with Crippen LogP contribution in [0.3, 0.4) is 0 Å². The second-order valence-corrected chi connectivity index (χ2v) is 26.9. The first-order valence-corrected chi connectivity index (χ1v) is 28.4. The van der Waals surface area contributed by atoms with Gasteiger partial charge < -0.3 is 4.42 Å². The van der Waals surface area contributed by atoms with E-state index in [9.17, 15) is 0 Å². The van der Waals surface area contributed by atoms with E-state index in [1.165, 1.54) is 38.7 Å². The van der Waals surface area contributed by atoms with Gasteiger partial charge in [-0.15, -0.1) is 9.13 Å². The van der Waals surface area contributed by atoms with E-state index in [2.05, 4.69) is 221 Å². The molecule has 1 atom stereocenters. The summed E-state index contributed by atoms with van der Waals surface area (Å²) < 4.78 is 32.6. The molecular formula is C63H60FN3OSi+2. The van der Waals surface area contributed by atoms with Crippen LogP contribution in [-0.4, -0.2) is 12.6 Å². The third-order valence-electron chi connectivity index (χ3n) is 15.0. The number of imidazole rings is 1. The topological polar surface area (TPSA) is 25.8 Å². The highest BCUT2D eigenvalue weighted by Crippen LogP contribution is 2.54. The molecular weight excluding hydrogens is 862 g/mol. The highest BCUT2D eigenvalue weighted by atomic mass is 28.3. The maximum absolute atomic E-state index is 17.5. The number of pyridine rings is 1. The molecule has 0 saturated carbocycles. The molecule has 7 aromatic carbocycles. The van der Waals surface area contributed by atoms with Crippen molar-refractivity contribution < 1.29 is 17.9 Å². The van der Waals surface area contributed by atoms with E-state index in [-0.39, 0.29) is 17.7 Å². The average molecular weight is 922 g/mol. The first kappa shape index (κ1) is 43.4. The van der Waals surface area contributed by atoms with Crippen LogP contribution in [0.4, 0.5) is 4.39 Å². The second-order valence-electron chi connectivity index (χ2n) is 21.9. The maximum atomic E-state index is 17.5. The molecule has 342 valence electrons. The van der Waals surface area contributed by atoms with Crippen LogP contribution in [0.2, 0.25) is 19.6 Å². The third kappa shape index (κ3) is 6.30. The van der Waals surface area contributed by atoms with Crippen molar-refractivity contribution in [1.29, 1.82) is 0 Å². The number of fused-ring (bicyclic) bond motifs is 16. The van der Waals surface area contributed by atoms with Crippen molar-refractivity contribution in [2.75, 3.05) is 0 Å². The lowest BCUT2D eigenvalue weighted by atomic mass is 9.87. The van der Waals surface area contributed by atoms with Crippen LogP contribution >= 0.6 is 0 Å². The Balaban J connectivity index is 1.30. The molecule has 2 aliphatic heterocycles. The van der Waals surface area contributed by atoms with E-state index >= 15 is 4.39 Å². The average Bonchev–Trinajstić information content (AvgIpc) is 4.03. The van der Waals surface area contributed by atoms with Gasteiger partial charge in [0.2, 0.25) is 5.69 Å². The van der Waals surface area contributed by atoms with Gasteiger partial charge in [-0.05, 0) is 125 Å². The number of nitrogens with zero attached hydrogens (tertiary/aromatic N) is 3. The van der Waals surface area contributed by atoms with Crippen molar-refractivity contribution >= 4 is 46.2 Å². The lowest BCUT2D eigenvalue weighted by molar-refractivity contribution is -0.944. The predicted octanol–water partition coefficient (Wildman–Crippen LogP) is 15.1. The Morgan fingerprint density at radius 2 is 1.28 bits per heavy atom. The zero-order valence-corrected chi connectivity index (χ0v) is 42.5. The van der Waals surface area contributed by atoms with E-state index < -0.39 is 13.7 Å². The molecule has 1 unspecified atom stereocenters. The quantitative estimate of drug-likeness (QED) is 0.110. The molecule has 6 heteroatoms. The van der Waals surface area contributed by atoms with Gasteiger partial charge in [0, 0.05) is 33.2 Å². The number of aromatic nitrogens is 3. The molecule has 1 spiro atoms. The molecule has 0 fully saturated rings. The standard InChI is InChI=1S/C63H60FN3OSi/c1-37(2)29-45-34-55-58-51(30-40(7)31-52(58)64)63(65(55)36-57(45)69(8,9)10)50-28-27-47-46-26-25-43(41-19-13-11-14-20-41)35-56(46)68-61(47)59(50)62-66(53-23-17-18-24-54(53)67(62)63)60-48(38(3)4)32-44(33-49(60)39(5)6)42-21-15-12-16-22-42/h11-28,30-39H,29H2,1-10H3/q+2. The summed E-state index contributed by atoms with van der Waals surface area (Å²) in [5, 5.41) is 3.54. The van der Waals surface area contributed by atoms with E-state index in [1.807, 2.05) is 6.92 Å². The summed E-state index contributed by atoms with van der Waals surface area (Å²) in [7, 11) is -1.99. The van der Waals surface area contributed by atoms with Gasteiger partial charge in [0.05, 0.1) is 24.8 Å². The Morgan fingerprint density at radius 3 is 1.93 bits per heavy atom. The van der Waals surface area contributed by atoms with Crippen molar-refractivity contribution in [2.45, 2.75) is 92.0 Å². The fourth-order valence-electron chi connectivity index (χ4n) is 12.1. The number of halogens is 1. The first-order valence-electron chi connectivity index (χ1n) is 24.9. The molecule has 0 N–H and O–H groups in total. The molecule has 2 aliphatic rings. The van der Waals surface area contributed by atoms with Gasteiger partial charge in [-0.2, -0.15) is 4.57 Å². The number of furan rings is 1. The number of hydrogen-bond acceptors (Lipinski definition) is 1. The SMILES string of the molecule is Cc1cc(F)c2c(c1)C1(c3ccc4c(oc5cc(-c6ccccc6)ccc54)c3-c3n(-c4c(C(C)C)cc(-c5ccccc5)cc4C(C)C)c4ccccc4[n+]31)[n+]1cc([Si](C)(C)C)c(CC(C)C)cc1-2. The molecule has 10 aromatic rings. The molecule has 12 rings (SSSR count). The predicted molar refractivity (Wildman–Crippen MR) is 285 cm³/mol. The number of benzene rings is 7. The first-order chi connectivity index (χ1) is 33.2. The van der Waals surface area contributed by atoms with Gasteiger partial charge in [0.1, 0.15) is 22.7 Å². The molecule has 5 heterocycles. The summed E-state index contributed by atoms with van der Waals surface area (Å²) >= 11 is 0. The van der Waals surface area contributed by atoms with E-state index in [4.69, 9.17) is 4.42 Å². The van der Waals surface area contributed by atoms with Gasteiger partial charge in [-0.1, -0.05) is 140 Å². The Bertz CT molecular complexity index is 3710. The summed E-state index contributed by atoms with van der Waals surface area (Å²) in [6, 6.07) is 52.7. The highest BCUT2D eigenvalue weighted by molar-refractivity contribution is 6.89. The zero-order valence-electron chi connectivity index (χ0n) is 41.5. The van der Waals surface area contributed by atoms with E-state index in [1.54, 1.807) is 6.07 Å². The van der Waals surface area contributed by atoms with Crippen molar-refractivity contribution in [2.24, 2.45) is 5.92 Å². The summed E-state index contributed by atoms with van der Waals surface area (Å²) in [5.41, 5.74) is 18.1. The fraction of sp³-hybridized carbons (Fsp3) is 0.238. The number of rotatable bonds is 8. The number of hydrogen-bond donors (Lipinski definition) is 0. The highest BCUT2D eigenvalue weighted by Gasteiger charge is 2.68. The molecule has 3 aromatic heterocycles. The van der Waals surface area contributed by atoms with Crippen molar-refractivity contribution in [3.05, 3.63) is 191 Å². The van der Waals surface area contributed by atoms with Gasteiger partial charge in [0.15, 0.2) is 22.8 Å². The molecule has 0 bridgehead atoms. The Hall–Kier alpha value is -6.89. The fourth-order valence-corrected chi connectivity index (χ4v) is 13.7.